The zero-order chi connectivity index (χ0) is 34.4. The lowest BCUT2D eigenvalue weighted by molar-refractivity contribution is -0.116. The van der Waals surface area contributed by atoms with Gasteiger partial charge in [0.05, 0.1) is 17.4 Å². The van der Waals surface area contributed by atoms with E-state index in [1.54, 1.807) is 0 Å². The van der Waals surface area contributed by atoms with Gasteiger partial charge in [0.2, 0.25) is 5.91 Å². The maximum atomic E-state index is 13.1. The number of rotatable bonds is 28. The first-order chi connectivity index (χ1) is 23.5. The van der Waals surface area contributed by atoms with E-state index >= 15 is 0 Å². The lowest BCUT2D eigenvalue weighted by atomic mass is 10.1. The van der Waals surface area contributed by atoms with Crippen molar-refractivity contribution >= 4 is 33.7 Å². The number of hydrogen-bond donors (Lipinski definition) is 1. The second-order valence-electron chi connectivity index (χ2n) is 14.5. The Morgan fingerprint density at radius 1 is 0.729 bits per heavy atom. The number of hydrogen-bond acceptors (Lipinski definition) is 5. The van der Waals surface area contributed by atoms with Crippen molar-refractivity contribution in [3.05, 3.63) is 30.6 Å². The van der Waals surface area contributed by atoms with Crippen molar-refractivity contribution in [2.45, 2.75) is 150 Å². The van der Waals surface area contributed by atoms with Crippen LogP contribution in [0.2, 0.25) is 0 Å². The first-order valence-corrected chi connectivity index (χ1v) is 19.9. The third-order valence-electron chi connectivity index (χ3n) is 9.70. The van der Waals surface area contributed by atoms with E-state index in [-0.39, 0.29) is 5.91 Å². The van der Waals surface area contributed by atoms with E-state index in [0.29, 0.717) is 18.2 Å². The van der Waals surface area contributed by atoms with Gasteiger partial charge in [-0.25, -0.2) is 9.97 Å². The summed E-state index contributed by atoms with van der Waals surface area (Å²) >= 11 is 0. The van der Waals surface area contributed by atoms with Gasteiger partial charge in [0.15, 0.2) is 5.82 Å². The summed E-state index contributed by atoms with van der Waals surface area (Å²) in [5.41, 5.74) is 2.72. The van der Waals surface area contributed by atoms with E-state index in [0.717, 1.165) is 60.8 Å². The predicted molar refractivity (Wildman–Crippen MR) is 207 cm³/mol. The first-order valence-electron chi connectivity index (χ1n) is 19.9. The molecule has 0 aliphatic heterocycles. The fourth-order valence-electron chi connectivity index (χ4n) is 6.91. The van der Waals surface area contributed by atoms with Crippen LogP contribution in [0.25, 0.3) is 21.9 Å². The summed E-state index contributed by atoms with van der Waals surface area (Å²) in [5.74, 6) is 1.11. The summed E-state index contributed by atoms with van der Waals surface area (Å²) in [7, 11) is 0. The lowest BCUT2D eigenvalue weighted by Gasteiger charge is -2.25. The Kier molecular flexibility index (Phi) is 19.8. The molecule has 0 spiro atoms. The number of carbonyl (C=O) groups excluding carboxylic acids is 1. The van der Waals surface area contributed by atoms with Crippen molar-refractivity contribution in [1.29, 1.82) is 0 Å². The number of pyridine rings is 1. The Bertz CT molecular complexity index is 1290. The molecule has 48 heavy (non-hydrogen) atoms. The van der Waals surface area contributed by atoms with Crippen molar-refractivity contribution < 1.29 is 4.79 Å². The number of imidazole rings is 1. The van der Waals surface area contributed by atoms with Gasteiger partial charge in [-0.3, -0.25) is 4.79 Å². The number of fused-ring (bicyclic) bond motifs is 3. The molecule has 0 radical (unpaired) electrons. The molecule has 2 aromatic heterocycles. The molecule has 2 heterocycles. The molecule has 0 aliphatic carbocycles. The van der Waals surface area contributed by atoms with Gasteiger partial charge in [-0.2, -0.15) is 0 Å². The van der Waals surface area contributed by atoms with Gasteiger partial charge in [-0.1, -0.05) is 123 Å². The number of aromatic nitrogens is 3. The zero-order valence-corrected chi connectivity index (χ0v) is 31.6. The van der Waals surface area contributed by atoms with E-state index in [1.165, 1.54) is 110 Å². The largest absolute Gasteiger partial charge is 0.330 e. The van der Waals surface area contributed by atoms with Crippen LogP contribution in [0.5, 0.6) is 0 Å². The highest BCUT2D eigenvalue weighted by Crippen LogP contribution is 2.29. The van der Waals surface area contributed by atoms with Crippen molar-refractivity contribution in [3.63, 3.8) is 0 Å². The molecular formula is C41H70N6O. The molecule has 0 unspecified atom stereocenters. The molecule has 7 nitrogen and oxygen atoms in total. The van der Waals surface area contributed by atoms with E-state index in [9.17, 15) is 4.79 Å². The van der Waals surface area contributed by atoms with E-state index in [1.807, 2.05) is 24.5 Å². The van der Waals surface area contributed by atoms with Crippen LogP contribution in [0.1, 0.15) is 144 Å². The molecule has 0 saturated heterocycles. The number of benzene rings is 1. The third kappa shape index (κ3) is 14.5. The number of unbranched alkanes of at least 4 members (excludes halogenated alkanes) is 12. The smallest absolute Gasteiger partial charge is 0.225 e. The van der Waals surface area contributed by atoms with Crippen LogP contribution < -0.4 is 5.32 Å². The van der Waals surface area contributed by atoms with Crippen LogP contribution in [0.3, 0.4) is 0 Å². The predicted octanol–water partition coefficient (Wildman–Crippen LogP) is 10.5. The SMILES string of the molecule is CCCCCCCCN(CC)CCCN(CCCCCCCC)CCCCCC(=O)Nc1nc2ccccc2c2c1ncn2CC(C)C. The zero-order valence-electron chi connectivity index (χ0n) is 31.6. The Morgan fingerprint density at radius 3 is 1.94 bits per heavy atom. The van der Waals surface area contributed by atoms with Gasteiger partial charge in [-0.05, 0) is 83.4 Å². The number of para-hydroxylation sites is 1. The number of amides is 1. The van der Waals surface area contributed by atoms with E-state index < -0.39 is 0 Å². The van der Waals surface area contributed by atoms with Gasteiger partial charge in [0.25, 0.3) is 0 Å². The van der Waals surface area contributed by atoms with Gasteiger partial charge in [0, 0.05) is 18.4 Å². The Morgan fingerprint density at radius 2 is 1.29 bits per heavy atom. The van der Waals surface area contributed by atoms with Crippen LogP contribution in [-0.2, 0) is 11.3 Å². The normalized spacial score (nSPS) is 12.0. The van der Waals surface area contributed by atoms with Crippen LogP contribution in [0, 0.1) is 5.92 Å². The number of anilines is 1. The average molecular weight is 663 g/mol. The van der Waals surface area contributed by atoms with Crippen LogP contribution in [0.4, 0.5) is 5.82 Å². The third-order valence-corrected chi connectivity index (χ3v) is 9.70. The molecule has 0 fully saturated rings. The first kappa shape index (κ1) is 39.9. The van der Waals surface area contributed by atoms with Crippen LogP contribution >= 0.6 is 0 Å². The molecule has 0 aliphatic rings. The van der Waals surface area contributed by atoms with Crippen molar-refractivity contribution in [2.24, 2.45) is 5.92 Å². The van der Waals surface area contributed by atoms with Crippen LogP contribution in [0.15, 0.2) is 30.6 Å². The second-order valence-corrected chi connectivity index (χ2v) is 14.5. The summed E-state index contributed by atoms with van der Waals surface area (Å²) < 4.78 is 2.20. The molecule has 7 heteroatoms. The highest BCUT2D eigenvalue weighted by atomic mass is 16.1. The topological polar surface area (TPSA) is 66.3 Å². The van der Waals surface area contributed by atoms with Gasteiger partial charge < -0.3 is 19.7 Å². The molecule has 1 aromatic carbocycles. The summed E-state index contributed by atoms with van der Waals surface area (Å²) in [4.78, 5) is 28.0. The number of nitrogens with zero attached hydrogens (tertiary/aromatic N) is 5. The maximum absolute atomic E-state index is 13.1. The summed E-state index contributed by atoms with van der Waals surface area (Å²) in [5, 5.41) is 4.20. The molecule has 0 bridgehead atoms. The quantitative estimate of drug-likeness (QED) is 0.0784. The Labute approximate surface area is 293 Å². The van der Waals surface area contributed by atoms with Gasteiger partial charge in [0.1, 0.15) is 5.52 Å². The summed E-state index contributed by atoms with van der Waals surface area (Å²) in [6, 6.07) is 8.16. The molecule has 1 N–H and O–H groups in total. The van der Waals surface area contributed by atoms with Crippen molar-refractivity contribution in [3.8, 4) is 0 Å². The number of carbonyl (C=O) groups is 1. The molecule has 0 saturated carbocycles. The second kappa shape index (κ2) is 23.8. The van der Waals surface area contributed by atoms with Gasteiger partial charge in [-0.15, -0.1) is 0 Å². The summed E-state index contributed by atoms with van der Waals surface area (Å²) in [6.45, 7) is 19.4. The number of nitrogens with one attached hydrogen (secondary N) is 1. The minimum atomic E-state index is 0.0337. The Balaban J connectivity index is 1.45. The molecule has 270 valence electrons. The standard InChI is InChI=1S/C41H70N6O/c1-6-9-11-13-15-21-28-45(8-3)31-24-32-46(29-22-16-14-12-10-7-2)30-23-17-18-27-38(48)44-41-39-40(47(34-42-39)33-35(4)5)36-25-19-20-26-37(36)43-41/h19-20,25-26,34-35H,6-18,21-24,27-33H2,1-5H3,(H,43,44,48). The molecule has 1 amide bonds. The van der Waals surface area contributed by atoms with Crippen molar-refractivity contribution in [2.75, 3.05) is 44.6 Å². The Hall–Kier alpha value is -2.51. The fourth-order valence-corrected chi connectivity index (χ4v) is 6.91. The highest BCUT2D eigenvalue weighted by Gasteiger charge is 2.16. The minimum Gasteiger partial charge on any atom is -0.330 e. The molecular weight excluding hydrogens is 592 g/mol. The minimum absolute atomic E-state index is 0.0337. The van der Waals surface area contributed by atoms with E-state index in [4.69, 9.17) is 9.97 Å². The van der Waals surface area contributed by atoms with Gasteiger partial charge >= 0.3 is 0 Å². The fraction of sp³-hybridized carbons (Fsp3) is 0.732. The highest BCUT2D eigenvalue weighted by molar-refractivity contribution is 6.09. The van der Waals surface area contributed by atoms with E-state index in [2.05, 4.69) is 60.4 Å². The molecule has 3 rings (SSSR count). The molecule has 0 atom stereocenters. The monoisotopic (exact) mass is 663 g/mol. The van der Waals surface area contributed by atoms with Crippen LogP contribution in [-0.4, -0.2) is 69.5 Å². The summed E-state index contributed by atoms with van der Waals surface area (Å²) in [6.07, 6.45) is 23.1. The average Bonchev–Trinajstić information content (AvgIpc) is 3.50. The maximum Gasteiger partial charge on any atom is 0.225 e. The van der Waals surface area contributed by atoms with Crippen molar-refractivity contribution in [1.82, 2.24) is 24.3 Å². The molecule has 3 aromatic rings. The lowest BCUT2D eigenvalue weighted by Crippen LogP contribution is -2.32.